The molecule has 0 saturated heterocycles. The van der Waals surface area contributed by atoms with Gasteiger partial charge in [0.15, 0.2) is 9.84 Å². The average Bonchev–Trinajstić information content (AvgIpc) is 2.43. The van der Waals surface area contributed by atoms with Crippen molar-refractivity contribution >= 4 is 21.6 Å². The summed E-state index contributed by atoms with van der Waals surface area (Å²) in [6.45, 7) is 2.91. The van der Waals surface area contributed by atoms with Crippen LogP contribution in [0.5, 0.6) is 0 Å². The van der Waals surface area contributed by atoms with Gasteiger partial charge in [0.05, 0.1) is 10.6 Å². The molecule has 0 heterocycles. The Morgan fingerprint density at radius 2 is 1.76 bits per heavy atom. The number of anilines is 1. The molecule has 0 aliphatic rings. The molecule has 0 aliphatic carbocycles. The van der Waals surface area contributed by atoms with Crippen LogP contribution in [-0.2, 0) is 9.84 Å². The number of benzene rings is 1. The number of sulfone groups is 1. The van der Waals surface area contributed by atoms with Crippen LogP contribution in [0.25, 0.3) is 0 Å². The zero-order chi connectivity index (χ0) is 15.9. The molecular formula is C14H23N3O3S. The highest BCUT2D eigenvalue weighted by molar-refractivity contribution is 7.91. The lowest BCUT2D eigenvalue weighted by Gasteiger charge is -2.12. The second-order valence-electron chi connectivity index (χ2n) is 4.90. The van der Waals surface area contributed by atoms with Crippen LogP contribution in [0, 0.1) is 0 Å². The summed E-state index contributed by atoms with van der Waals surface area (Å²) in [5.74, 6) is 0.163. The minimum absolute atomic E-state index is 0.141. The molecule has 0 fully saturated rings. The van der Waals surface area contributed by atoms with Crippen molar-refractivity contribution in [1.82, 2.24) is 10.2 Å². The molecule has 118 valence electrons. The number of hydrogen-bond acceptors (Lipinski definition) is 4. The van der Waals surface area contributed by atoms with Crippen molar-refractivity contribution in [2.75, 3.05) is 38.3 Å². The third kappa shape index (κ3) is 5.63. The Balaban J connectivity index is 2.47. The zero-order valence-corrected chi connectivity index (χ0v) is 13.5. The Morgan fingerprint density at radius 1 is 1.14 bits per heavy atom. The van der Waals surface area contributed by atoms with Gasteiger partial charge in [-0.1, -0.05) is 6.92 Å². The highest BCUT2D eigenvalue weighted by Gasteiger charge is 2.12. The predicted molar refractivity (Wildman–Crippen MR) is 84.4 cm³/mol. The number of amides is 2. The summed E-state index contributed by atoms with van der Waals surface area (Å²) in [5.41, 5.74) is 0.824. The standard InChI is InChI=1S/C14H23N3O3S/c1-4-11-21(19,20)13-7-5-12(6-8-13)15-9-10-16-14(18)17(2)3/h5-8,15H,4,9-11H2,1-3H3,(H,16,18). The number of hydrogen-bond donors (Lipinski definition) is 2. The summed E-state index contributed by atoms with van der Waals surface area (Å²) in [7, 11) is 0.194. The number of carbonyl (C=O) groups is 1. The Kier molecular flexibility index (Phi) is 6.48. The van der Waals surface area contributed by atoms with Gasteiger partial charge in [-0.3, -0.25) is 0 Å². The van der Waals surface area contributed by atoms with E-state index in [1.807, 2.05) is 6.92 Å². The van der Waals surface area contributed by atoms with Gasteiger partial charge in [-0.2, -0.15) is 0 Å². The summed E-state index contributed by atoms with van der Waals surface area (Å²) in [4.78, 5) is 13.1. The predicted octanol–water partition coefficient (Wildman–Crippen LogP) is 1.55. The van der Waals surface area contributed by atoms with Crippen LogP contribution >= 0.6 is 0 Å². The molecule has 0 atom stereocenters. The van der Waals surface area contributed by atoms with Crippen LogP contribution in [0.1, 0.15) is 13.3 Å². The van der Waals surface area contributed by atoms with Crippen molar-refractivity contribution in [3.05, 3.63) is 24.3 Å². The molecule has 2 amide bonds. The highest BCUT2D eigenvalue weighted by Crippen LogP contribution is 2.15. The van der Waals surface area contributed by atoms with Crippen molar-refractivity contribution in [1.29, 1.82) is 0 Å². The first-order valence-electron chi connectivity index (χ1n) is 6.88. The van der Waals surface area contributed by atoms with Gasteiger partial charge >= 0.3 is 6.03 Å². The molecule has 0 unspecified atom stereocenters. The molecule has 0 bridgehead atoms. The summed E-state index contributed by atoms with van der Waals surface area (Å²) in [6, 6.07) is 6.53. The van der Waals surface area contributed by atoms with Gasteiger partial charge < -0.3 is 15.5 Å². The van der Waals surface area contributed by atoms with Gasteiger partial charge in [0.1, 0.15) is 0 Å². The van der Waals surface area contributed by atoms with E-state index in [0.717, 1.165) is 5.69 Å². The van der Waals surface area contributed by atoms with Crippen LogP contribution in [0.4, 0.5) is 10.5 Å². The lowest BCUT2D eigenvalue weighted by molar-refractivity contribution is 0.218. The van der Waals surface area contributed by atoms with E-state index in [1.165, 1.54) is 4.90 Å². The fraction of sp³-hybridized carbons (Fsp3) is 0.500. The molecule has 0 spiro atoms. The molecule has 1 aromatic rings. The van der Waals surface area contributed by atoms with Crippen LogP contribution in [-0.4, -0.2) is 52.3 Å². The molecule has 1 aromatic carbocycles. The minimum Gasteiger partial charge on any atom is -0.383 e. The van der Waals surface area contributed by atoms with E-state index in [9.17, 15) is 13.2 Å². The lowest BCUT2D eigenvalue weighted by atomic mass is 10.3. The average molecular weight is 313 g/mol. The van der Waals surface area contributed by atoms with E-state index in [-0.39, 0.29) is 11.8 Å². The molecule has 6 nitrogen and oxygen atoms in total. The largest absolute Gasteiger partial charge is 0.383 e. The first kappa shape index (κ1) is 17.3. The van der Waals surface area contributed by atoms with E-state index >= 15 is 0 Å². The smallest absolute Gasteiger partial charge is 0.316 e. The van der Waals surface area contributed by atoms with E-state index in [1.54, 1.807) is 38.4 Å². The molecule has 21 heavy (non-hydrogen) atoms. The van der Waals surface area contributed by atoms with Gasteiger partial charge in [-0.05, 0) is 30.7 Å². The van der Waals surface area contributed by atoms with Crippen molar-refractivity contribution in [3.8, 4) is 0 Å². The molecule has 2 N–H and O–H groups in total. The van der Waals surface area contributed by atoms with Crippen molar-refractivity contribution in [2.45, 2.75) is 18.2 Å². The lowest BCUT2D eigenvalue weighted by Crippen LogP contribution is -2.37. The Morgan fingerprint density at radius 3 is 2.29 bits per heavy atom. The number of carbonyl (C=O) groups excluding carboxylic acids is 1. The van der Waals surface area contributed by atoms with Crippen molar-refractivity contribution < 1.29 is 13.2 Å². The maximum Gasteiger partial charge on any atom is 0.316 e. The summed E-state index contributed by atoms with van der Waals surface area (Å²) in [5, 5.41) is 5.85. The molecule has 0 aromatic heterocycles. The maximum atomic E-state index is 11.9. The van der Waals surface area contributed by atoms with Crippen LogP contribution in [0.15, 0.2) is 29.2 Å². The second kappa shape index (κ2) is 7.87. The van der Waals surface area contributed by atoms with Crippen molar-refractivity contribution in [3.63, 3.8) is 0 Å². The van der Waals surface area contributed by atoms with Crippen LogP contribution < -0.4 is 10.6 Å². The number of urea groups is 1. The first-order valence-corrected chi connectivity index (χ1v) is 8.54. The SMILES string of the molecule is CCCS(=O)(=O)c1ccc(NCCNC(=O)N(C)C)cc1. The third-order valence-corrected chi connectivity index (χ3v) is 4.76. The van der Waals surface area contributed by atoms with Crippen LogP contribution in [0.3, 0.4) is 0 Å². The normalized spacial score (nSPS) is 11.0. The van der Waals surface area contributed by atoms with E-state index in [2.05, 4.69) is 10.6 Å². The molecular weight excluding hydrogens is 290 g/mol. The van der Waals surface area contributed by atoms with Gasteiger partial charge in [0.2, 0.25) is 0 Å². The fourth-order valence-electron chi connectivity index (χ4n) is 1.70. The second-order valence-corrected chi connectivity index (χ2v) is 7.01. The summed E-state index contributed by atoms with van der Waals surface area (Å²) < 4.78 is 23.7. The minimum atomic E-state index is -3.16. The molecule has 1 rings (SSSR count). The quantitative estimate of drug-likeness (QED) is 0.749. The zero-order valence-electron chi connectivity index (χ0n) is 12.7. The molecule has 7 heteroatoms. The number of nitrogens with zero attached hydrogens (tertiary/aromatic N) is 1. The fourth-order valence-corrected chi connectivity index (χ4v) is 3.03. The third-order valence-electron chi connectivity index (χ3n) is 2.82. The van der Waals surface area contributed by atoms with Gasteiger partial charge in [-0.15, -0.1) is 0 Å². The molecule has 0 aliphatic heterocycles. The topological polar surface area (TPSA) is 78.5 Å². The van der Waals surface area contributed by atoms with E-state index < -0.39 is 9.84 Å². The van der Waals surface area contributed by atoms with E-state index in [0.29, 0.717) is 24.4 Å². The van der Waals surface area contributed by atoms with Gasteiger partial charge in [-0.25, -0.2) is 13.2 Å². The Hall–Kier alpha value is -1.76. The monoisotopic (exact) mass is 313 g/mol. The van der Waals surface area contributed by atoms with Gasteiger partial charge in [0, 0.05) is 32.9 Å². The summed E-state index contributed by atoms with van der Waals surface area (Å²) in [6.07, 6.45) is 0.605. The maximum absolute atomic E-state index is 11.9. The first-order chi connectivity index (χ1) is 9.86. The highest BCUT2D eigenvalue weighted by atomic mass is 32.2. The Bertz CT molecular complexity index is 553. The van der Waals surface area contributed by atoms with Gasteiger partial charge in [0.25, 0.3) is 0 Å². The molecule has 0 radical (unpaired) electrons. The summed E-state index contributed by atoms with van der Waals surface area (Å²) >= 11 is 0. The Labute approximate surface area is 126 Å². The van der Waals surface area contributed by atoms with Crippen LogP contribution in [0.2, 0.25) is 0 Å². The van der Waals surface area contributed by atoms with Crippen molar-refractivity contribution in [2.24, 2.45) is 0 Å². The van der Waals surface area contributed by atoms with E-state index in [4.69, 9.17) is 0 Å². The molecule has 0 saturated carbocycles. The number of nitrogens with one attached hydrogen (secondary N) is 2. The number of rotatable bonds is 7.